The van der Waals surface area contributed by atoms with Crippen LogP contribution in [0.3, 0.4) is 0 Å². The summed E-state index contributed by atoms with van der Waals surface area (Å²) in [5.74, 6) is 0.802. The Bertz CT molecular complexity index is 625. The molecule has 1 aromatic carbocycles. The number of benzene rings is 1. The van der Waals surface area contributed by atoms with E-state index in [4.69, 9.17) is 4.74 Å². The van der Waals surface area contributed by atoms with Gasteiger partial charge in [-0.1, -0.05) is 32.4 Å². The molecule has 25 heavy (non-hydrogen) atoms. The van der Waals surface area contributed by atoms with E-state index >= 15 is 0 Å². The van der Waals surface area contributed by atoms with Crippen LogP contribution in [0.5, 0.6) is 5.75 Å². The van der Waals surface area contributed by atoms with Crippen LogP contribution in [0.15, 0.2) is 24.3 Å². The van der Waals surface area contributed by atoms with Crippen molar-refractivity contribution in [3.63, 3.8) is 0 Å². The molecule has 1 aromatic rings. The van der Waals surface area contributed by atoms with Crippen molar-refractivity contribution in [1.29, 1.82) is 0 Å². The molecule has 0 bridgehead atoms. The molecule has 5 nitrogen and oxygen atoms in total. The Morgan fingerprint density at radius 2 is 1.96 bits per heavy atom. The van der Waals surface area contributed by atoms with Crippen LogP contribution >= 0.6 is 0 Å². The van der Waals surface area contributed by atoms with E-state index in [1.54, 1.807) is 4.90 Å². The summed E-state index contributed by atoms with van der Waals surface area (Å²) in [6, 6.07) is 6.88. The highest BCUT2D eigenvalue weighted by atomic mass is 16.5. The largest absolute Gasteiger partial charge is 0.493 e. The summed E-state index contributed by atoms with van der Waals surface area (Å²) in [5, 5.41) is 9.58. The molecular weight excluding hydrogens is 318 g/mol. The third-order valence-electron chi connectivity index (χ3n) is 5.33. The Morgan fingerprint density at radius 3 is 2.60 bits per heavy atom. The van der Waals surface area contributed by atoms with E-state index in [0.717, 1.165) is 30.6 Å². The first-order valence-electron chi connectivity index (χ1n) is 9.19. The first kappa shape index (κ1) is 17.8. The van der Waals surface area contributed by atoms with Gasteiger partial charge in [0.1, 0.15) is 11.8 Å². The van der Waals surface area contributed by atoms with E-state index in [0.29, 0.717) is 25.0 Å². The van der Waals surface area contributed by atoms with E-state index in [9.17, 15) is 14.7 Å². The molecule has 1 saturated carbocycles. The number of rotatable bonds is 6. The Morgan fingerprint density at radius 1 is 1.24 bits per heavy atom. The number of fused-ring (bicyclic) bond motifs is 1. The van der Waals surface area contributed by atoms with E-state index < -0.39 is 12.0 Å². The summed E-state index contributed by atoms with van der Waals surface area (Å²) in [6.07, 6.45) is 3.29. The fourth-order valence-electron chi connectivity index (χ4n) is 4.12. The summed E-state index contributed by atoms with van der Waals surface area (Å²) in [6.45, 7) is 5.44. The Balaban J connectivity index is 1.62. The van der Waals surface area contributed by atoms with Gasteiger partial charge >= 0.3 is 5.97 Å². The highest BCUT2D eigenvalue weighted by Gasteiger charge is 2.49. The van der Waals surface area contributed by atoms with Crippen molar-refractivity contribution in [2.24, 2.45) is 17.8 Å². The highest BCUT2D eigenvalue weighted by molar-refractivity contribution is 5.86. The molecule has 1 aliphatic heterocycles. The molecule has 0 aromatic heterocycles. The van der Waals surface area contributed by atoms with Gasteiger partial charge in [-0.05, 0) is 48.3 Å². The molecule has 3 rings (SSSR count). The summed E-state index contributed by atoms with van der Waals surface area (Å²) in [5.41, 5.74) is 0.892. The number of likely N-dealkylation sites (tertiary alicyclic amines) is 1. The first-order valence-corrected chi connectivity index (χ1v) is 9.19. The van der Waals surface area contributed by atoms with Crippen molar-refractivity contribution in [2.45, 2.75) is 45.6 Å². The summed E-state index contributed by atoms with van der Waals surface area (Å²) < 4.78 is 5.65. The minimum atomic E-state index is -0.861. The van der Waals surface area contributed by atoms with Crippen molar-refractivity contribution >= 4 is 11.9 Å². The van der Waals surface area contributed by atoms with Crippen LogP contribution in [0.25, 0.3) is 0 Å². The van der Waals surface area contributed by atoms with Crippen molar-refractivity contribution in [1.82, 2.24) is 4.90 Å². The van der Waals surface area contributed by atoms with Gasteiger partial charge in [0.2, 0.25) is 5.91 Å². The number of carboxylic acid groups (broad SMARTS) is 1. The molecule has 0 radical (unpaired) electrons. The van der Waals surface area contributed by atoms with Crippen LogP contribution < -0.4 is 4.74 Å². The number of carbonyl (C=O) groups is 2. The molecule has 1 amide bonds. The first-order chi connectivity index (χ1) is 12.0. The van der Waals surface area contributed by atoms with Crippen molar-refractivity contribution in [3.8, 4) is 5.75 Å². The number of hydrogen-bond acceptors (Lipinski definition) is 3. The van der Waals surface area contributed by atoms with Crippen LogP contribution in [0, 0.1) is 17.8 Å². The predicted molar refractivity (Wildman–Crippen MR) is 94.4 cm³/mol. The van der Waals surface area contributed by atoms with Gasteiger partial charge in [-0.25, -0.2) is 4.79 Å². The maximum Gasteiger partial charge on any atom is 0.326 e. The normalized spacial score (nSPS) is 25.2. The minimum absolute atomic E-state index is 0.0855. The predicted octanol–water partition coefficient (Wildman–Crippen LogP) is 2.98. The summed E-state index contributed by atoms with van der Waals surface area (Å²) >= 11 is 0. The van der Waals surface area contributed by atoms with Crippen LogP contribution in [-0.4, -0.2) is 41.1 Å². The number of carbonyl (C=O) groups excluding carboxylic acids is 1. The maximum absolute atomic E-state index is 12.7. The smallest absolute Gasteiger partial charge is 0.326 e. The van der Waals surface area contributed by atoms with Gasteiger partial charge in [-0.15, -0.1) is 0 Å². The number of carboxylic acids is 1. The average Bonchev–Trinajstić information content (AvgIpc) is 3.14. The fraction of sp³-hybridized carbons (Fsp3) is 0.600. The van der Waals surface area contributed by atoms with Crippen LogP contribution in [0.4, 0.5) is 0 Å². The lowest BCUT2D eigenvalue weighted by Crippen LogP contribution is -2.43. The number of hydrogen-bond donors (Lipinski definition) is 1. The third-order valence-corrected chi connectivity index (χ3v) is 5.33. The molecule has 2 fully saturated rings. The zero-order valence-corrected chi connectivity index (χ0v) is 15.0. The molecule has 3 unspecified atom stereocenters. The molecule has 5 heteroatoms. The Hall–Kier alpha value is -2.04. The van der Waals surface area contributed by atoms with Crippen molar-refractivity contribution in [2.75, 3.05) is 13.2 Å². The van der Waals surface area contributed by atoms with Gasteiger partial charge < -0.3 is 14.7 Å². The monoisotopic (exact) mass is 345 g/mol. The zero-order chi connectivity index (χ0) is 18.0. The van der Waals surface area contributed by atoms with Gasteiger partial charge in [0.05, 0.1) is 13.0 Å². The Labute approximate surface area is 149 Å². The van der Waals surface area contributed by atoms with E-state index in [1.165, 1.54) is 0 Å². The molecule has 3 atom stereocenters. The molecule has 1 heterocycles. The summed E-state index contributed by atoms with van der Waals surface area (Å²) in [7, 11) is 0. The number of aliphatic carboxylic acids is 1. The lowest BCUT2D eigenvalue weighted by molar-refractivity contribution is -0.149. The van der Waals surface area contributed by atoms with Crippen molar-refractivity contribution < 1.29 is 19.4 Å². The van der Waals surface area contributed by atoms with Crippen molar-refractivity contribution in [3.05, 3.63) is 29.8 Å². The van der Waals surface area contributed by atoms with Gasteiger partial charge in [0.25, 0.3) is 0 Å². The van der Waals surface area contributed by atoms with Gasteiger partial charge in [-0.3, -0.25) is 4.79 Å². The average molecular weight is 345 g/mol. The number of amides is 1. The minimum Gasteiger partial charge on any atom is -0.493 e. The topological polar surface area (TPSA) is 66.8 Å². The molecule has 0 spiro atoms. The second kappa shape index (κ2) is 7.46. The molecule has 1 aliphatic carbocycles. The fourth-order valence-corrected chi connectivity index (χ4v) is 4.12. The second-order valence-corrected chi connectivity index (χ2v) is 7.71. The SMILES string of the molecule is CC(C)COc1ccc(CC(=O)N2CC3CCCC3C2C(=O)O)cc1. The molecule has 1 saturated heterocycles. The van der Waals surface area contributed by atoms with E-state index in [-0.39, 0.29) is 18.2 Å². The molecular formula is C20H27NO4. The lowest BCUT2D eigenvalue weighted by Gasteiger charge is -2.24. The van der Waals surface area contributed by atoms with E-state index in [2.05, 4.69) is 13.8 Å². The molecule has 136 valence electrons. The quantitative estimate of drug-likeness (QED) is 0.861. The van der Waals surface area contributed by atoms with Gasteiger partial charge in [-0.2, -0.15) is 0 Å². The standard InChI is InChI=1S/C20H27NO4/c1-13(2)12-25-16-8-6-14(7-9-16)10-18(22)21-11-15-4-3-5-17(15)19(21)20(23)24/h6-9,13,15,17,19H,3-5,10-12H2,1-2H3,(H,23,24). The zero-order valence-electron chi connectivity index (χ0n) is 15.0. The Kier molecular flexibility index (Phi) is 5.30. The number of ether oxygens (including phenoxy) is 1. The summed E-state index contributed by atoms with van der Waals surface area (Å²) in [4.78, 5) is 26.0. The third kappa shape index (κ3) is 3.97. The number of nitrogens with zero attached hydrogens (tertiary/aromatic N) is 1. The molecule has 2 aliphatic rings. The highest BCUT2D eigenvalue weighted by Crippen LogP contribution is 2.42. The molecule has 1 N–H and O–H groups in total. The van der Waals surface area contributed by atoms with Gasteiger partial charge in [0.15, 0.2) is 0 Å². The second-order valence-electron chi connectivity index (χ2n) is 7.71. The lowest BCUT2D eigenvalue weighted by atomic mass is 9.94. The van der Waals surface area contributed by atoms with Crippen LogP contribution in [0.1, 0.15) is 38.7 Å². The maximum atomic E-state index is 12.7. The van der Waals surface area contributed by atoms with Gasteiger partial charge in [0, 0.05) is 6.54 Å². The van der Waals surface area contributed by atoms with Crippen LogP contribution in [0.2, 0.25) is 0 Å². The van der Waals surface area contributed by atoms with E-state index in [1.807, 2.05) is 24.3 Å². The van der Waals surface area contributed by atoms with Crippen LogP contribution in [-0.2, 0) is 16.0 Å².